The fourth-order valence-corrected chi connectivity index (χ4v) is 3.08. The highest BCUT2D eigenvalue weighted by atomic mass is 16.1. The van der Waals surface area contributed by atoms with Crippen molar-refractivity contribution in [3.8, 4) is 0 Å². The third-order valence-electron chi connectivity index (χ3n) is 5.01. The Morgan fingerprint density at radius 3 is 2.30 bits per heavy atom. The van der Waals surface area contributed by atoms with Gasteiger partial charge in [0, 0.05) is 25.0 Å². The molecule has 118 valence electrons. The van der Waals surface area contributed by atoms with E-state index in [4.69, 9.17) is 0 Å². The lowest BCUT2D eigenvalue weighted by Gasteiger charge is -2.39. The zero-order chi connectivity index (χ0) is 15.2. The second-order valence-electron chi connectivity index (χ2n) is 7.32. The smallest absolute Gasteiger partial charge is 0.221 e. The molecule has 0 aromatic rings. The molecule has 3 nitrogen and oxygen atoms in total. The van der Waals surface area contributed by atoms with Crippen molar-refractivity contribution < 1.29 is 4.79 Å². The summed E-state index contributed by atoms with van der Waals surface area (Å²) >= 11 is 0. The predicted octanol–water partition coefficient (Wildman–Crippen LogP) is 3.49. The van der Waals surface area contributed by atoms with Crippen molar-refractivity contribution in [2.75, 3.05) is 6.54 Å². The molecule has 0 unspecified atom stereocenters. The SMILES string of the molecule is CCC(C)(C)C1CCC(NC(=O)CCNC(C)C)CC1. The average molecular weight is 282 g/mol. The highest BCUT2D eigenvalue weighted by molar-refractivity contribution is 5.76. The molecular weight excluding hydrogens is 248 g/mol. The molecule has 1 aliphatic rings. The van der Waals surface area contributed by atoms with E-state index in [-0.39, 0.29) is 5.91 Å². The molecule has 1 amide bonds. The Morgan fingerprint density at radius 1 is 1.20 bits per heavy atom. The van der Waals surface area contributed by atoms with Crippen LogP contribution in [0, 0.1) is 11.3 Å². The number of hydrogen-bond acceptors (Lipinski definition) is 2. The van der Waals surface area contributed by atoms with Crippen LogP contribution in [0.1, 0.15) is 73.1 Å². The second kappa shape index (κ2) is 8.02. The van der Waals surface area contributed by atoms with Crippen LogP contribution in [-0.2, 0) is 4.79 Å². The van der Waals surface area contributed by atoms with Crippen LogP contribution in [0.15, 0.2) is 0 Å². The fraction of sp³-hybridized carbons (Fsp3) is 0.941. The van der Waals surface area contributed by atoms with Gasteiger partial charge < -0.3 is 10.6 Å². The largest absolute Gasteiger partial charge is 0.353 e. The number of carbonyl (C=O) groups excluding carboxylic acids is 1. The summed E-state index contributed by atoms with van der Waals surface area (Å²) in [5, 5.41) is 6.49. The van der Waals surface area contributed by atoms with Gasteiger partial charge in [-0.2, -0.15) is 0 Å². The van der Waals surface area contributed by atoms with Gasteiger partial charge in [0.05, 0.1) is 0 Å². The number of nitrogens with one attached hydrogen (secondary N) is 2. The van der Waals surface area contributed by atoms with E-state index in [9.17, 15) is 4.79 Å². The molecule has 2 N–H and O–H groups in total. The quantitative estimate of drug-likeness (QED) is 0.750. The van der Waals surface area contributed by atoms with Crippen LogP contribution in [-0.4, -0.2) is 24.5 Å². The first-order valence-corrected chi connectivity index (χ1v) is 8.38. The molecule has 0 spiro atoms. The highest BCUT2D eigenvalue weighted by Crippen LogP contribution is 2.40. The third kappa shape index (κ3) is 5.82. The Bertz CT molecular complexity index is 291. The average Bonchev–Trinajstić information content (AvgIpc) is 2.39. The van der Waals surface area contributed by atoms with Gasteiger partial charge in [0.15, 0.2) is 0 Å². The van der Waals surface area contributed by atoms with Gasteiger partial charge in [-0.1, -0.05) is 41.0 Å². The summed E-state index contributed by atoms with van der Waals surface area (Å²) < 4.78 is 0. The Labute approximate surface area is 125 Å². The van der Waals surface area contributed by atoms with Crippen LogP contribution >= 0.6 is 0 Å². The van der Waals surface area contributed by atoms with Gasteiger partial charge in [-0.05, 0) is 37.0 Å². The number of rotatable bonds is 7. The van der Waals surface area contributed by atoms with E-state index < -0.39 is 0 Å². The van der Waals surface area contributed by atoms with E-state index in [2.05, 4.69) is 45.3 Å². The molecule has 0 aliphatic heterocycles. The molecule has 3 heteroatoms. The van der Waals surface area contributed by atoms with Gasteiger partial charge in [-0.25, -0.2) is 0 Å². The topological polar surface area (TPSA) is 41.1 Å². The van der Waals surface area contributed by atoms with E-state index in [1.807, 2.05) is 0 Å². The lowest BCUT2D eigenvalue weighted by molar-refractivity contribution is -0.122. The van der Waals surface area contributed by atoms with Gasteiger partial charge >= 0.3 is 0 Å². The minimum atomic E-state index is 0.205. The molecule has 0 bridgehead atoms. The molecule has 0 saturated heterocycles. The maximum atomic E-state index is 11.9. The van der Waals surface area contributed by atoms with Gasteiger partial charge in [-0.15, -0.1) is 0 Å². The predicted molar refractivity (Wildman–Crippen MR) is 85.7 cm³/mol. The minimum Gasteiger partial charge on any atom is -0.353 e. The number of carbonyl (C=O) groups is 1. The second-order valence-corrected chi connectivity index (χ2v) is 7.32. The minimum absolute atomic E-state index is 0.205. The third-order valence-corrected chi connectivity index (χ3v) is 5.01. The molecule has 0 aromatic carbocycles. The molecule has 0 aromatic heterocycles. The lowest BCUT2D eigenvalue weighted by Crippen LogP contribution is -2.41. The summed E-state index contributed by atoms with van der Waals surface area (Å²) in [6.07, 6.45) is 6.66. The molecule has 1 saturated carbocycles. The Kier molecular flexibility index (Phi) is 7.01. The van der Waals surface area contributed by atoms with E-state index in [1.165, 1.54) is 19.3 Å². The summed E-state index contributed by atoms with van der Waals surface area (Å²) in [6.45, 7) is 12.0. The van der Waals surface area contributed by atoms with Crippen molar-refractivity contribution in [2.45, 2.75) is 85.2 Å². The molecule has 0 radical (unpaired) electrons. The maximum absolute atomic E-state index is 11.9. The fourth-order valence-electron chi connectivity index (χ4n) is 3.08. The summed E-state index contributed by atoms with van der Waals surface area (Å²) in [7, 11) is 0. The summed E-state index contributed by atoms with van der Waals surface area (Å²) in [5.74, 6) is 1.03. The molecule has 0 atom stereocenters. The number of hydrogen-bond donors (Lipinski definition) is 2. The van der Waals surface area contributed by atoms with Crippen molar-refractivity contribution in [1.82, 2.24) is 10.6 Å². The van der Waals surface area contributed by atoms with E-state index in [0.29, 0.717) is 23.9 Å². The van der Waals surface area contributed by atoms with Gasteiger partial charge in [0.2, 0.25) is 5.91 Å². The van der Waals surface area contributed by atoms with Crippen molar-refractivity contribution in [1.29, 1.82) is 0 Å². The van der Waals surface area contributed by atoms with Crippen molar-refractivity contribution >= 4 is 5.91 Å². The summed E-state index contributed by atoms with van der Waals surface area (Å²) in [4.78, 5) is 11.9. The Morgan fingerprint density at radius 2 is 1.80 bits per heavy atom. The standard InChI is InChI=1S/C17H34N2O/c1-6-17(4,5)14-7-9-15(10-8-14)19-16(20)11-12-18-13(2)3/h13-15,18H,6-12H2,1-5H3,(H,19,20). The van der Waals surface area contributed by atoms with Crippen LogP contribution in [0.2, 0.25) is 0 Å². The van der Waals surface area contributed by atoms with Crippen LogP contribution in [0.5, 0.6) is 0 Å². The van der Waals surface area contributed by atoms with Gasteiger partial charge in [-0.3, -0.25) is 4.79 Å². The molecule has 20 heavy (non-hydrogen) atoms. The highest BCUT2D eigenvalue weighted by Gasteiger charge is 2.32. The number of amides is 1. The van der Waals surface area contributed by atoms with Crippen LogP contribution in [0.3, 0.4) is 0 Å². The lowest BCUT2D eigenvalue weighted by atomic mass is 9.69. The van der Waals surface area contributed by atoms with Crippen LogP contribution < -0.4 is 10.6 Å². The summed E-state index contributed by atoms with van der Waals surface area (Å²) in [6, 6.07) is 0.861. The first kappa shape index (κ1) is 17.5. The summed E-state index contributed by atoms with van der Waals surface area (Å²) in [5.41, 5.74) is 0.455. The first-order chi connectivity index (χ1) is 9.35. The normalized spacial score (nSPS) is 23.9. The first-order valence-electron chi connectivity index (χ1n) is 8.38. The van der Waals surface area contributed by atoms with Crippen molar-refractivity contribution in [2.24, 2.45) is 11.3 Å². The van der Waals surface area contributed by atoms with Crippen LogP contribution in [0.25, 0.3) is 0 Å². The molecule has 1 aliphatic carbocycles. The molecule has 1 rings (SSSR count). The van der Waals surface area contributed by atoms with Crippen molar-refractivity contribution in [3.05, 3.63) is 0 Å². The zero-order valence-electron chi connectivity index (χ0n) is 14.1. The van der Waals surface area contributed by atoms with Gasteiger partial charge in [0.25, 0.3) is 0 Å². The molecular formula is C17H34N2O. The zero-order valence-corrected chi connectivity index (χ0v) is 14.1. The van der Waals surface area contributed by atoms with E-state index in [1.54, 1.807) is 0 Å². The van der Waals surface area contributed by atoms with Crippen LogP contribution in [0.4, 0.5) is 0 Å². The van der Waals surface area contributed by atoms with E-state index >= 15 is 0 Å². The Hall–Kier alpha value is -0.570. The van der Waals surface area contributed by atoms with Crippen molar-refractivity contribution in [3.63, 3.8) is 0 Å². The maximum Gasteiger partial charge on any atom is 0.221 e. The van der Waals surface area contributed by atoms with Gasteiger partial charge in [0.1, 0.15) is 0 Å². The molecule has 0 heterocycles. The monoisotopic (exact) mass is 282 g/mol. The Balaban J connectivity index is 2.23. The molecule has 1 fully saturated rings. The van der Waals surface area contributed by atoms with E-state index in [0.717, 1.165) is 25.3 Å².